The Morgan fingerprint density at radius 3 is 2.47 bits per heavy atom. The van der Waals surface area contributed by atoms with E-state index in [2.05, 4.69) is 20.3 Å². The molecule has 1 aromatic carbocycles. The summed E-state index contributed by atoms with van der Waals surface area (Å²) in [5.74, 6) is -0.574. The number of sulfonamides is 1. The molecule has 162 valence electrons. The molecule has 1 amide bonds. The van der Waals surface area contributed by atoms with Gasteiger partial charge in [-0.25, -0.2) is 18.1 Å². The number of amides is 1. The summed E-state index contributed by atoms with van der Waals surface area (Å²) in [6.07, 6.45) is 4.84. The van der Waals surface area contributed by atoms with Crippen molar-refractivity contribution in [1.29, 1.82) is 0 Å². The maximum absolute atomic E-state index is 12.0. The van der Waals surface area contributed by atoms with E-state index >= 15 is 0 Å². The first-order valence-corrected chi connectivity index (χ1v) is 11.5. The van der Waals surface area contributed by atoms with Crippen LogP contribution in [0, 0.1) is 6.92 Å². The van der Waals surface area contributed by atoms with E-state index in [0.29, 0.717) is 24.3 Å². The Labute approximate surface area is 177 Å². The summed E-state index contributed by atoms with van der Waals surface area (Å²) in [5, 5.41) is 5.77. The standard InChI is InChI=1S/C21H28N4O4S/c1-6-16(25-30(5,28)29)12-22-17-7-8-18(13(2)9-17)24-19-11-20(23-15(4)26)21(27)10-14(19)3/h7-11,16,22,25H,6,12H2,1-5H3,(H,23,26). The van der Waals surface area contributed by atoms with Crippen LogP contribution in [-0.4, -0.2) is 44.7 Å². The SMILES string of the molecule is CCC(CNc1ccc(N=C2C=C(NC(C)=O)C(=O)C=C2C)c(C)c1)NS(C)(=O)=O. The molecule has 30 heavy (non-hydrogen) atoms. The van der Waals surface area contributed by atoms with E-state index in [1.165, 1.54) is 13.0 Å². The molecule has 0 aliphatic heterocycles. The van der Waals surface area contributed by atoms with Gasteiger partial charge in [-0.15, -0.1) is 0 Å². The van der Waals surface area contributed by atoms with Crippen molar-refractivity contribution in [3.63, 3.8) is 0 Å². The maximum Gasteiger partial charge on any atom is 0.221 e. The summed E-state index contributed by atoms with van der Waals surface area (Å²) in [6.45, 7) is 7.44. The predicted octanol–water partition coefficient (Wildman–Crippen LogP) is 2.36. The lowest BCUT2D eigenvalue weighted by Gasteiger charge is -2.17. The highest BCUT2D eigenvalue weighted by molar-refractivity contribution is 7.88. The van der Waals surface area contributed by atoms with E-state index in [0.717, 1.165) is 23.2 Å². The van der Waals surface area contributed by atoms with Gasteiger partial charge in [0.05, 0.1) is 23.4 Å². The quantitative estimate of drug-likeness (QED) is 0.545. The average molecular weight is 433 g/mol. The van der Waals surface area contributed by atoms with E-state index in [1.54, 1.807) is 13.0 Å². The zero-order valence-corrected chi connectivity index (χ0v) is 18.7. The minimum Gasteiger partial charge on any atom is -0.383 e. The van der Waals surface area contributed by atoms with Crippen LogP contribution >= 0.6 is 0 Å². The summed E-state index contributed by atoms with van der Waals surface area (Å²) in [7, 11) is -3.26. The molecule has 0 heterocycles. The number of aliphatic imine (C=N–C) groups is 1. The van der Waals surface area contributed by atoms with Crippen molar-refractivity contribution in [3.8, 4) is 0 Å². The second kappa shape index (κ2) is 9.82. The Morgan fingerprint density at radius 1 is 1.20 bits per heavy atom. The van der Waals surface area contributed by atoms with Gasteiger partial charge in [0, 0.05) is 25.2 Å². The minimum absolute atomic E-state index is 0.201. The molecule has 0 spiro atoms. The average Bonchev–Trinajstić information content (AvgIpc) is 2.63. The molecule has 0 saturated heterocycles. The highest BCUT2D eigenvalue weighted by Crippen LogP contribution is 2.25. The van der Waals surface area contributed by atoms with E-state index in [1.807, 2.05) is 32.0 Å². The number of nitrogens with one attached hydrogen (secondary N) is 3. The molecule has 1 aliphatic rings. The Bertz CT molecular complexity index is 1040. The van der Waals surface area contributed by atoms with Crippen LogP contribution in [0.2, 0.25) is 0 Å². The molecule has 0 bridgehead atoms. The molecular weight excluding hydrogens is 404 g/mol. The van der Waals surface area contributed by atoms with Crippen LogP contribution in [0.1, 0.15) is 32.8 Å². The van der Waals surface area contributed by atoms with E-state index in [-0.39, 0.29) is 23.4 Å². The molecule has 0 aromatic heterocycles. The first-order valence-electron chi connectivity index (χ1n) is 9.61. The number of nitrogens with zero attached hydrogens (tertiary/aromatic N) is 1. The molecule has 9 heteroatoms. The van der Waals surface area contributed by atoms with Gasteiger partial charge in [-0.3, -0.25) is 9.59 Å². The third-order valence-corrected chi connectivity index (χ3v) is 5.23. The zero-order chi connectivity index (χ0) is 22.5. The lowest BCUT2D eigenvalue weighted by atomic mass is 10.0. The molecular formula is C21H28N4O4S. The predicted molar refractivity (Wildman–Crippen MR) is 119 cm³/mol. The van der Waals surface area contributed by atoms with E-state index in [9.17, 15) is 18.0 Å². The smallest absolute Gasteiger partial charge is 0.221 e. The van der Waals surface area contributed by atoms with Gasteiger partial charge in [0.2, 0.25) is 21.7 Å². The number of hydrogen-bond acceptors (Lipinski definition) is 6. The lowest BCUT2D eigenvalue weighted by molar-refractivity contribution is -0.120. The number of benzene rings is 1. The van der Waals surface area contributed by atoms with Crippen LogP contribution in [0.5, 0.6) is 0 Å². The molecule has 1 aromatic rings. The third-order valence-electron chi connectivity index (χ3n) is 4.47. The first-order chi connectivity index (χ1) is 14.0. The largest absolute Gasteiger partial charge is 0.383 e. The molecule has 3 N–H and O–H groups in total. The van der Waals surface area contributed by atoms with Gasteiger partial charge >= 0.3 is 0 Å². The number of rotatable bonds is 8. The molecule has 8 nitrogen and oxygen atoms in total. The van der Waals surface area contributed by atoms with Crippen molar-refractivity contribution in [2.45, 2.75) is 40.2 Å². The van der Waals surface area contributed by atoms with Gasteiger partial charge in [0.15, 0.2) is 0 Å². The number of aryl methyl sites for hydroxylation is 1. The minimum atomic E-state index is -3.26. The number of hydrogen-bond donors (Lipinski definition) is 3. The van der Waals surface area contributed by atoms with Crippen molar-refractivity contribution in [2.75, 3.05) is 18.1 Å². The fraction of sp³-hybridized carbons (Fsp3) is 0.381. The fourth-order valence-corrected chi connectivity index (χ4v) is 3.77. The summed E-state index contributed by atoms with van der Waals surface area (Å²) < 4.78 is 25.4. The van der Waals surface area contributed by atoms with Crippen molar-refractivity contribution >= 4 is 38.8 Å². The zero-order valence-electron chi connectivity index (χ0n) is 17.9. The van der Waals surface area contributed by atoms with Gasteiger partial charge in [0.25, 0.3) is 0 Å². The van der Waals surface area contributed by atoms with Gasteiger partial charge in [-0.05, 0) is 61.8 Å². The first kappa shape index (κ1) is 23.5. The molecule has 1 aliphatic carbocycles. The second-order valence-corrected chi connectivity index (χ2v) is 9.09. The van der Waals surface area contributed by atoms with E-state index in [4.69, 9.17) is 0 Å². The van der Waals surface area contributed by atoms with Crippen molar-refractivity contribution in [1.82, 2.24) is 10.0 Å². The Morgan fingerprint density at radius 2 is 1.90 bits per heavy atom. The number of carbonyl (C=O) groups excluding carboxylic acids is 2. The molecule has 1 atom stereocenters. The fourth-order valence-electron chi connectivity index (χ4n) is 2.91. The normalized spacial score (nSPS) is 16.7. The van der Waals surface area contributed by atoms with Crippen LogP contribution in [0.15, 0.2) is 46.6 Å². The van der Waals surface area contributed by atoms with Gasteiger partial charge in [-0.1, -0.05) is 6.92 Å². The summed E-state index contributed by atoms with van der Waals surface area (Å²) in [4.78, 5) is 28.0. The van der Waals surface area contributed by atoms with Gasteiger partial charge in [-0.2, -0.15) is 0 Å². The summed E-state index contributed by atoms with van der Waals surface area (Å²) >= 11 is 0. The molecule has 0 radical (unpaired) electrons. The summed E-state index contributed by atoms with van der Waals surface area (Å²) in [5.41, 5.74) is 4.02. The number of ketones is 1. The van der Waals surface area contributed by atoms with Crippen LogP contribution in [0.4, 0.5) is 11.4 Å². The third kappa shape index (κ3) is 6.93. The maximum atomic E-state index is 12.0. The molecule has 1 unspecified atom stereocenters. The Balaban J connectivity index is 2.18. The van der Waals surface area contributed by atoms with Crippen LogP contribution in [-0.2, 0) is 19.6 Å². The topological polar surface area (TPSA) is 117 Å². The highest BCUT2D eigenvalue weighted by atomic mass is 32.2. The molecule has 0 saturated carbocycles. The van der Waals surface area contributed by atoms with Crippen LogP contribution < -0.4 is 15.4 Å². The highest BCUT2D eigenvalue weighted by Gasteiger charge is 2.17. The Hall–Kier alpha value is -2.78. The van der Waals surface area contributed by atoms with E-state index < -0.39 is 10.0 Å². The van der Waals surface area contributed by atoms with Crippen molar-refractivity contribution in [3.05, 3.63) is 47.2 Å². The molecule has 2 rings (SSSR count). The Kier molecular flexibility index (Phi) is 7.69. The summed E-state index contributed by atoms with van der Waals surface area (Å²) in [6, 6.07) is 5.44. The number of allylic oxidation sites excluding steroid dienone is 3. The van der Waals surface area contributed by atoms with Crippen LogP contribution in [0.25, 0.3) is 0 Å². The van der Waals surface area contributed by atoms with Crippen molar-refractivity contribution in [2.24, 2.45) is 4.99 Å². The van der Waals surface area contributed by atoms with Crippen molar-refractivity contribution < 1.29 is 18.0 Å². The van der Waals surface area contributed by atoms with Crippen LogP contribution in [0.3, 0.4) is 0 Å². The molecule has 0 fully saturated rings. The number of anilines is 1. The lowest BCUT2D eigenvalue weighted by Crippen LogP contribution is -2.38. The number of carbonyl (C=O) groups is 2. The van der Waals surface area contributed by atoms with Gasteiger partial charge in [0.1, 0.15) is 0 Å². The second-order valence-electron chi connectivity index (χ2n) is 7.31. The monoisotopic (exact) mass is 432 g/mol. The van der Waals surface area contributed by atoms with Gasteiger partial charge < -0.3 is 10.6 Å².